The monoisotopic (exact) mass is 332 g/mol. The molecule has 1 saturated heterocycles. The molecule has 1 atom stereocenters. The Labute approximate surface area is 118 Å². The number of carbonyl (C=O) groups is 1. The Morgan fingerprint density at radius 1 is 1.53 bits per heavy atom. The highest BCUT2D eigenvalue weighted by Crippen LogP contribution is 2.31. The second-order valence-corrected chi connectivity index (χ2v) is 6.06. The van der Waals surface area contributed by atoms with Gasteiger partial charge in [-0.15, -0.1) is 0 Å². The van der Waals surface area contributed by atoms with E-state index >= 15 is 0 Å². The lowest BCUT2D eigenvalue weighted by Crippen LogP contribution is -2.37. The first-order chi connectivity index (χ1) is 8.83. The first-order valence-electron chi connectivity index (χ1n) is 5.98. The smallest absolute Gasteiger partial charge is 0.224 e. The molecule has 0 spiro atoms. The Hall–Kier alpha value is -1.01. The lowest BCUT2D eigenvalue weighted by molar-refractivity contribution is -0.126. The van der Waals surface area contributed by atoms with Gasteiger partial charge in [0.1, 0.15) is 11.6 Å². The largest absolute Gasteiger partial charge is 0.369 e. The van der Waals surface area contributed by atoms with E-state index in [-0.39, 0.29) is 22.5 Å². The first-order valence-corrected chi connectivity index (χ1v) is 6.77. The summed E-state index contributed by atoms with van der Waals surface area (Å²) in [7, 11) is 0. The van der Waals surface area contributed by atoms with Crippen molar-refractivity contribution in [1.29, 1.82) is 0 Å². The average Bonchev–Trinajstić information content (AvgIpc) is 2.73. The van der Waals surface area contributed by atoms with Crippen LogP contribution in [0.25, 0.3) is 0 Å². The summed E-state index contributed by atoms with van der Waals surface area (Å²) >= 11 is 3.04. The predicted octanol–water partition coefficient (Wildman–Crippen LogP) is 2.42. The zero-order valence-electron chi connectivity index (χ0n) is 10.5. The second-order valence-electron chi connectivity index (χ2n) is 5.21. The summed E-state index contributed by atoms with van der Waals surface area (Å²) in [6.07, 6.45) is 0.611. The molecule has 2 N–H and O–H groups in total. The van der Waals surface area contributed by atoms with Crippen LogP contribution in [0.15, 0.2) is 16.6 Å². The highest BCUT2D eigenvalue weighted by molar-refractivity contribution is 9.10. The van der Waals surface area contributed by atoms with Gasteiger partial charge in [0, 0.05) is 18.7 Å². The van der Waals surface area contributed by atoms with Crippen LogP contribution in [0.1, 0.15) is 18.9 Å². The minimum atomic E-state index is -0.612. The third-order valence-electron chi connectivity index (χ3n) is 3.67. The first kappa shape index (κ1) is 14.4. The van der Waals surface area contributed by atoms with Gasteiger partial charge in [0.25, 0.3) is 0 Å². The molecule has 0 aromatic heterocycles. The molecule has 1 fully saturated rings. The lowest BCUT2D eigenvalue weighted by atomic mass is 9.89. The number of carbonyl (C=O) groups excluding carboxylic acids is 1. The number of hydrogen-bond donors (Lipinski definition) is 1. The molecule has 1 aromatic rings. The van der Waals surface area contributed by atoms with Crippen LogP contribution in [0.2, 0.25) is 0 Å². The van der Waals surface area contributed by atoms with Crippen molar-refractivity contribution in [2.24, 2.45) is 11.1 Å². The summed E-state index contributed by atoms with van der Waals surface area (Å²) in [6, 6.07) is 2.57. The highest BCUT2D eigenvalue weighted by Gasteiger charge is 2.39. The van der Waals surface area contributed by atoms with Crippen molar-refractivity contribution in [3.8, 4) is 0 Å². The topological polar surface area (TPSA) is 46.3 Å². The zero-order chi connectivity index (χ0) is 14.2. The molecule has 0 radical (unpaired) electrons. The Balaban J connectivity index is 2.16. The van der Waals surface area contributed by atoms with Gasteiger partial charge < -0.3 is 5.73 Å². The van der Waals surface area contributed by atoms with Gasteiger partial charge in [0.2, 0.25) is 5.91 Å². The van der Waals surface area contributed by atoms with E-state index < -0.39 is 17.0 Å². The van der Waals surface area contributed by atoms with E-state index in [0.29, 0.717) is 19.5 Å². The third kappa shape index (κ3) is 2.79. The van der Waals surface area contributed by atoms with E-state index in [1.54, 1.807) is 6.92 Å². The van der Waals surface area contributed by atoms with Gasteiger partial charge in [-0.3, -0.25) is 9.69 Å². The van der Waals surface area contributed by atoms with E-state index in [1.165, 1.54) is 12.1 Å². The van der Waals surface area contributed by atoms with E-state index in [0.717, 1.165) is 0 Å². The minimum Gasteiger partial charge on any atom is -0.369 e. The summed E-state index contributed by atoms with van der Waals surface area (Å²) in [5.74, 6) is -1.54. The maximum absolute atomic E-state index is 13.9. The molecule has 0 bridgehead atoms. The summed E-state index contributed by atoms with van der Waals surface area (Å²) in [5.41, 5.74) is 4.75. The number of nitrogens with zero attached hydrogens (tertiary/aromatic N) is 1. The van der Waals surface area contributed by atoms with Gasteiger partial charge in [-0.05, 0) is 48.0 Å². The maximum atomic E-state index is 13.9. The van der Waals surface area contributed by atoms with Crippen molar-refractivity contribution in [3.05, 3.63) is 33.8 Å². The molecule has 19 heavy (non-hydrogen) atoms. The fourth-order valence-electron chi connectivity index (χ4n) is 2.33. The number of benzene rings is 1. The molecule has 3 nitrogen and oxygen atoms in total. The van der Waals surface area contributed by atoms with Gasteiger partial charge >= 0.3 is 0 Å². The lowest BCUT2D eigenvalue weighted by Gasteiger charge is -2.21. The van der Waals surface area contributed by atoms with E-state index in [1.807, 2.05) is 4.90 Å². The number of hydrogen-bond acceptors (Lipinski definition) is 2. The van der Waals surface area contributed by atoms with Crippen LogP contribution in [0.5, 0.6) is 0 Å². The SMILES string of the molecule is CC1(C(N)=O)CCN(Cc2c(F)ccc(Br)c2F)C1. The van der Waals surface area contributed by atoms with Crippen molar-refractivity contribution in [1.82, 2.24) is 4.90 Å². The second kappa shape index (κ2) is 5.17. The number of halogens is 3. The number of likely N-dealkylation sites (tertiary alicyclic amines) is 1. The quantitative estimate of drug-likeness (QED) is 0.864. The normalized spacial score (nSPS) is 23.8. The van der Waals surface area contributed by atoms with Crippen molar-refractivity contribution in [2.45, 2.75) is 19.9 Å². The number of amides is 1. The molecule has 0 saturated carbocycles. The van der Waals surface area contributed by atoms with Crippen molar-refractivity contribution < 1.29 is 13.6 Å². The molecule has 1 amide bonds. The maximum Gasteiger partial charge on any atom is 0.224 e. The van der Waals surface area contributed by atoms with Gasteiger partial charge in [-0.2, -0.15) is 0 Å². The van der Waals surface area contributed by atoms with Crippen molar-refractivity contribution in [3.63, 3.8) is 0 Å². The molecule has 1 aliphatic rings. The Kier molecular flexibility index (Phi) is 3.92. The van der Waals surface area contributed by atoms with Crippen LogP contribution in [-0.4, -0.2) is 23.9 Å². The summed E-state index contributed by atoms with van der Waals surface area (Å²) in [5, 5.41) is 0. The molecule has 2 rings (SSSR count). The summed E-state index contributed by atoms with van der Waals surface area (Å²) < 4.78 is 27.8. The van der Waals surface area contributed by atoms with E-state index in [9.17, 15) is 13.6 Å². The van der Waals surface area contributed by atoms with Crippen LogP contribution < -0.4 is 5.73 Å². The predicted molar refractivity (Wildman–Crippen MR) is 71.3 cm³/mol. The molecule has 1 unspecified atom stereocenters. The molecule has 1 aromatic carbocycles. The minimum absolute atomic E-state index is 0.0168. The molecule has 104 valence electrons. The van der Waals surface area contributed by atoms with Gasteiger partial charge in [0.05, 0.1) is 9.89 Å². The highest BCUT2D eigenvalue weighted by atomic mass is 79.9. The molecule has 1 aliphatic heterocycles. The number of rotatable bonds is 3. The van der Waals surface area contributed by atoms with Crippen LogP contribution in [0.4, 0.5) is 8.78 Å². The number of primary amides is 1. The van der Waals surface area contributed by atoms with Gasteiger partial charge in [-0.25, -0.2) is 8.78 Å². The molecular formula is C13H15BrF2N2O. The Bertz CT molecular complexity index is 524. The molecule has 6 heteroatoms. The van der Waals surface area contributed by atoms with Crippen LogP contribution in [-0.2, 0) is 11.3 Å². The number of nitrogens with two attached hydrogens (primary N) is 1. The summed E-state index contributed by atoms with van der Waals surface area (Å²) in [6.45, 7) is 2.95. The molecule has 1 heterocycles. The van der Waals surface area contributed by atoms with Crippen molar-refractivity contribution >= 4 is 21.8 Å². The average molecular weight is 333 g/mol. The Morgan fingerprint density at radius 2 is 2.21 bits per heavy atom. The zero-order valence-corrected chi connectivity index (χ0v) is 12.1. The van der Waals surface area contributed by atoms with E-state index in [4.69, 9.17) is 5.73 Å². The van der Waals surface area contributed by atoms with Crippen LogP contribution in [0.3, 0.4) is 0 Å². The molecule has 0 aliphatic carbocycles. The van der Waals surface area contributed by atoms with Crippen LogP contribution >= 0.6 is 15.9 Å². The van der Waals surface area contributed by atoms with E-state index in [2.05, 4.69) is 15.9 Å². The Morgan fingerprint density at radius 3 is 2.79 bits per heavy atom. The van der Waals surface area contributed by atoms with Gasteiger partial charge in [0.15, 0.2) is 0 Å². The standard InChI is InChI=1S/C13H15BrF2N2O/c1-13(12(17)19)4-5-18(7-13)6-8-10(15)3-2-9(14)11(8)16/h2-3H,4-7H2,1H3,(H2,17,19). The fourth-order valence-corrected chi connectivity index (χ4v) is 2.70. The fraction of sp³-hybridized carbons (Fsp3) is 0.462. The van der Waals surface area contributed by atoms with Crippen molar-refractivity contribution in [2.75, 3.05) is 13.1 Å². The molecular weight excluding hydrogens is 318 g/mol. The van der Waals surface area contributed by atoms with Crippen LogP contribution in [0, 0.1) is 17.0 Å². The summed E-state index contributed by atoms with van der Waals surface area (Å²) in [4.78, 5) is 13.2. The van der Waals surface area contributed by atoms with Gasteiger partial charge in [-0.1, -0.05) is 0 Å². The third-order valence-corrected chi connectivity index (χ3v) is 4.28.